The van der Waals surface area contributed by atoms with Crippen LogP contribution in [-0.4, -0.2) is 57.3 Å². The van der Waals surface area contributed by atoms with E-state index in [4.69, 9.17) is 4.74 Å². The van der Waals surface area contributed by atoms with E-state index in [0.29, 0.717) is 18.9 Å². The molecule has 1 rings (SSSR count). The van der Waals surface area contributed by atoms with Crippen molar-refractivity contribution in [2.45, 2.75) is 0 Å². The fourth-order valence-corrected chi connectivity index (χ4v) is 1.80. The van der Waals surface area contributed by atoms with Gasteiger partial charge in [0.05, 0.1) is 27.3 Å². The molecular weight excluding hydrogens is 342 g/mol. The Morgan fingerprint density at radius 2 is 1.57 bits per heavy atom. The third kappa shape index (κ3) is 7.10. The van der Waals surface area contributed by atoms with E-state index in [1.54, 1.807) is 4.90 Å². The molecule has 0 N–H and O–H groups in total. The number of nitrogens with zero attached hydrogens (tertiary/aromatic N) is 1. The van der Waals surface area contributed by atoms with Gasteiger partial charge in [-0.15, -0.1) is 0 Å². The van der Waals surface area contributed by atoms with Crippen LogP contribution in [0, 0.1) is 0 Å². The van der Waals surface area contributed by atoms with Crippen molar-refractivity contribution in [3.63, 3.8) is 0 Å². The summed E-state index contributed by atoms with van der Waals surface area (Å²) in [5.74, 6) is -0.112. The normalized spacial score (nSPS) is 10.3. The summed E-state index contributed by atoms with van der Waals surface area (Å²) in [6, 6.07) is 7.40. The van der Waals surface area contributed by atoms with Gasteiger partial charge < -0.3 is 14.2 Å². The smallest absolute Gasteiger partial charge is 0.319 e. The first-order valence-corrected chi connectivity index (χ1v) is 7.08. The number of halogens is 1. The van der Waals surface area contributed by atoms with Gasteiger partial charge in [0, 0.05) is 11.0 Å². The third-order valence-corrected chi connectivity index (χ3v) is 3.18. The minimum atomic E-state index is -0.414. The van der Waals surface area contributed by atoms with Gasteiger partial charge in [-0.1, -0.05) is 15.9 Å². The van der Waals surface area contributed by atoms with Gasteiger partial charge >= 0.3 is 11.9 Å². The monoisotopic (exact) mass is 359 g/mol. The fraction of sp³-hybridized carbons (Fsp3) is 0.429. The first-order valence-electron chi connectivity index (χ1n) is 6.29. The van der Waals surface area contributed by atoms with Crippen LogP contribution < -0.4 is 4.74 Å². The van der Waals surface area contributed by atoms with Crippen LogP contribution in [0.15, 0.2) is 28.7 Å². The lowest BCUT2D eigenvalue weighted by Gasteiger charge is -2.19. The zero-order chi connectivity index (χ0) is 15.7. The van der Waals surface area contributed by atoms with Crippen LogP contribution in [0.2, 0.25) is 0 Å². The summed E-state index contributed by atoms with van der Waals surface area (Å²) in [6.07, 6.45) is 0. The summed E-state index contributed by atoms with van der Waals surface area (Å²) >= 11 is 3.34. The fourth-order valence-electron chi connectivity index (χ4n) is 1.53. The number of hydrogen-bond donors (Lipinski definition) is 0. The molecule has 0 aliphatic heterocycles. The number of ether oxygens (including phenoxy) is 3. The van der Waals surface area contributed by atoms with Crippen LogP contribution in [0.5, 0.6) is 5.75 Å². The zero-order valence-corrected chi connectivity index (χ0v) is 13.6. The van der Waals surface area contributed by atoms with Gasteiger partial charge in [0.1, 0.15) is 12.4 Å². The zero-order valence-electron chi connectivity index (χ0n) is 12.0. The second-order valence-electron chi connectivity index (χ2n) is 4.17. The molecule has 0 saturated heterocycles. The molecule has 0 spiro atoms. The van der Waals surface area contributed by atoms with E-state index in [9.17, 15) is 9.59 Å². The summed E-state index contributed by atoms with van der Waals surface area (Å²) in [4.78, 5) is 24.2. The van der Waals surface area contributed by atoms with Gasteiger partial charge in [0.2, 0.25) is 0 Å². The van der Waals surface area contributed by atoms with Crippen LogP contribution in [0.4, 0.5) is 0 Å². The van der Waals surface area contributed by atoms with Gasteiger partial charge in [-0.25, -0.2) is 0 Å². The van der Waals surface area contributed by atoms with Crippen molar-refractivity contribution < 1.29 is 23.8 Å². The van der Waals surface area contributed by atoms with Crippen LogP contribution in [0.25, 0.3) is 0 Å². The van der Waals surface area contributed by atoms with E-state index in [2.05, 4.69) is 25.4 Å². The minimum Gasteiger partial charge on any atom is -0.492 e. The highest BCUT2D eigenvalue weighted by atomic mass is 79.9. The Labute approximate surface area is 132 Å². The lowest BCUT2D eigenvalue weighted by atomic mass is 10.3. The van der Waals surface area contributed by atoms with E-state index in [0.717, 1.165) is 4.47 Å². The molecule has 0 saturated carbocycles. The largest absolute Gasteiger partial charge is 0.492 e. The Kier molecular flexibility index (Phi) is 7.78. The van der Waals surface area contributed by atoms with Crippen molar-refractivity contribution in [1.82, 2.24) is 4.90 Å². The van der Waals surface area contributed by atoms with Gasteiger partial charge in [-0.2, -0.15) is 0 Å². The van der Waals surface area contributed by atoms with Crippen LogP contribution >= 0.6 is 15.9 Å². The van der Waals surface area contributed by atoms with Gasteiger partial charge in [0.15, 0.2) is 0 Å². The van der Waals surface area contributed by atoms with Crippen molar-refractivity contribution >= 4 is 27.9 Å². The van der Waals surface area contributed by atoms with Crippen LogP contribution in [-0.2, 0) is 19.1 Å². The topological polar surface area (TPSA) is 65.1 Å². The number of carbonyl (C=O) groups is 2. The molecule has 0 heterocycles. The maximum atomic E-state index is 11.3. The predicted molar refractivity (Wildman–Crippen MR) is 80.1 cm³/mol. The minimum absolute atomic E-state index is 0.00922. The number of methoxy groups -OCH3 is 2. The molecule has 0 aliphatic carbocycles. The molecule has 0 amide bonds. The number of rotatable bonds is 8. The summed E-state index contributed by atoms with van der Waals surface area (Å²) in [7, 11) is 2.61. The maximum Gasteiger partial charge on any atom is 0.319 e. The Bertz CT molecular complexity index is 445. The standard InChI is InChI=1S/C14H18BrNO5/c1-19-13(17)9-16(10-14(18)20-2)7-8-21-12-5-3-11(15)4-6-12/h3-6H,7-10H2,1-2H3. The Hall–Kier alpha value is -1.60. The van der Waals surface area contributed by atoms with Gasteiger partial charge in [-0.05, 0) is 24.3 Å². The summed E-state index contributed by atoms with van der Waals surface area (Å²) in [5, 5.41) is 0. The Morgan fingerprint density at radius 3 is 2.05 bits per heavy atom. The highest BCUT2D eigenvalue weighted by molar-refractivity contribution is 9.10. The van der Waals surface area contributed by atoms with E-state index in [-0.39, 0.29) is 13.1 Å². The summed E-state index contributed by atoms with van der Waals surface area (Å²) < 4.78 is 15.7. The van der Waals surface area contributed by atoms with Crippen molar-refractivity contribution in [3.05, 3.63) is 28.7 Å². The first kappa shape index (κ1) is 17.5. The Balaban J connectivity index is 2.45. The third-order valence-electron chi connectivity index (χ3n) is 2.65. The van der Waals surface area contributed by atoms with Gasteiger partial charge in [-0.3, -0.25) is 14.5 Å². The second kappa shape index (κ2) is 9.36. The molecule has 0 bridgehead atoms. The van der Waals surface area contributed by atoms with Crippen LogP contribution in [0.1, 0.15) is 0 Å². The summed E-state index contributed by atoms with van der Waals surface area (Å²) in [6.45, 7) is 0.764. The SMILES string of the molecule is COC(=O)CN(CCOc1ccc(Br)cc1)CC(=O)OC. The number of esters is 2. The lowest BCUT2D eigenvalue weighted by molar-refractivity contribution is -0.145. The highest BCUT2D eigenvalue weighted by Gasteiger charge is 2.15. The molecule has 6 nitrogen and oxygen atoms in total. The van der Waals surface area contributed by atoms with Crippen molar-refractivity contribution in [1.29, 1.82) is 0 Å². The quantitative estimate of drug-likeness (QED) is 0.655. The number of benzene rings is 1. The molecule has 0 aromatic heterocycles. The van der Waals surface area contributed by atoms with E-state index < -0.39 is 11.9 Å². The highest BCUT2D eigenvalue weighted by Crippen LogP contribution is 2.15. The average molecular weight is 360 g/mol. The molecule has 116 valence electrons. The molecule has 1 aromatic carbocycles. The number of carbonyl (C=O) groups excluding carboxylic acids is 2. The molecule has 0 atom stereocenters. The second-order valence-corrected chi connectivity index (χ2v) is 5.08. The van der Waals surface area contributed by atoms with E-state index in [1.165, 1.54) is 14.2 Å². The van der Waals surface area contributed by atoms with E-state index >= 15 is 0 Å². The van der Waals surface area contributed by atoms with Gasteiger partial charge in [0.25, 0.3) is 0 Å². The lowest BCUT2D eigenvalue weighted by Crippen LogP contribution is -2.38. The maximum absolute atomic E-state index is 11.3. The predicted octanol–water partition coefficient (Wildman–Crippen LogP) is 1.48. The first-order chi connectivity index (χ1) is 10.0. The molecule has 0 unspecified atom stereocenters. The van der Waals surface area contributed by atoms with Crippen molar-refractivity contribution in [2.24, 2.45) is 0 Å². The Morgan fingerprint density at radius 1 is 1.05 bits per heavy atom. The molecule has 21 heavy (non-hydrogen) atoms. The van der Waals surface area contributed by atoms with Crippen LogP contribution in [0.3, 0.4) is 0 Å². The van der Waals surface area contributed by atoms with E-state index in [1.807, 2.05) is 24.3 Å². The molecular formula is C14H18BrNO5. The molecule has 0 radical (unpaired) electrons. The molecule has 7 heteroatoms. The summed E-state index contributed by atoms with van der Waals surface area (Å²) in [5.41, 5.74) is 0. The molecule has 1 aromatic rings. The molecule has 0 fully saturated rings. The van der Waals surface area contributed by atoms with Crippen molar-refractivity contribution in [3.8, 4) is 5.75 Å². The molecule has 0 aliphatic rings. The average Bonchev–Trinajstić information content (AvgIpc) is 2.48. The van der Waals surface area contributed by atoms with Crippen molar-refractivity contribution in [2.75, 3.05) is 40.5 Å². The number of hydrogen-bond acceptors (Lipinski definition) is 6.